The number of nitriles is 2. The summed E-state index contributed by atoms with van der Waals surface area (Å²) in [6.45, 7) is 5.92. The highest BCUT2D eigenvalue weighted by Gasteiger charge is 2.22. The van der Waals surface area contributed by atoms with Gasteiger partial charge in [-0.15, -0.1) is 18.3 Å². The highest BCUT2D eigenvalue weighted by Crippen LogP contribution is 2.37. The minimum atomic E-state index is 0.263. The SMILES string of the molecule is C=CCSc1nc(OCC)c(C#N)c(-c2ccccc2)c1C#N. The van der Waals surface area contributed by atoms with Gasteiger partial charge in [-0.1, -0.05) is 36.4 Å². The van der Waals surface area contributed by atoms with Crippen molar-refractivity contribution >= 4 is 11.8 Å². The van der Waals surface area contributed by atoms with Gasteiger partial charge in [0.2, 0.25) is 5.88 Å². The molecule has 4 nitrogen and oxygen atoms in total. The summed E-state index contributed by atoms with van der Waals surface area (Å²) in [6.07, 6.45) is 1.74. The predicted molar refractivity (Wildman–Crippen MR) is 91.2 cm³/mol. The van der Waals surface area contributed by atoms with Crippen LogP contribution in [0.4, 0.5) is 0 Å². The van der Waals surface area contributed by atoms with E-state index in [1.807, 2.05) is 37.3 Å². The summed E-state index contributed by atoms with van der Waals surface area (Å²) >= 11 is 1.40. The van der Waals surface area contributed by atoms with Crippen LogP contribution in [-0.2, 0) is 0 Å². The number of hydrogen-bond donors (Lipinski definition) is 0. The Bertz CT molecular complexity index is 789. The van der Waals surface area contributed by atoms with E-state index in [-0.39, 0.29) is 11.4 Å². The highest BCUT2D eigenvalue weighted by atomic mass is 32.2. The molecular formula is C18H15N3OS. The fraction of sp³-hybridized carbons (Fsp3) is 0.167. The first-order valence-corrected chi connectivity index (χ1v) is 8.05. The topological polar surface area (TPSA) is 69.7 Å². The molecule has 0 fully saturated rings. The number of hydrogen-bond acceptors (Lipinski definition) is 5. The smallest absolute Gasteiger partial charge is 0.233 e. The summed E-state index contributed by atoms with van der Waals surface area (Å²) in [5.74, 6) is 0.882. The molecule has 5 heteroatoms. The monoisotopic (exact) mass is 321 g/mol. The molecule has 0 radical (unpaired) electrons. The summed E-state index contributed by atoms with van der Waals surface area (Å²) in [7, 11) is 0. The van der Waals surface area contributed by atoms with Crippen molar-refractivity contribution in [1.29, 1.82) is 10.5 Å². The number of thioether (sulfide) groups is 1. The molecule has 0 saturated heterocycles. The summed E-state index contributed by atoms with van der Waals surface area (Å²) in [6, 6.07) is 13.7. The molecule has 0 N–H and O–H groups in total. The standard InChI is InChI=1S/C18H15N3OS/c1-3-10-23-18-15(12-20)16(13-8-6-5-7-9-13)14(11-19)17(21-18)22-4-2/h3,5-9H,1,4,10H2,2H3. The van der Waals surface area contributed by atoms with Crippen LogP contribution in [0, 0.1) is 22.7 Å². The van der Waals surface area contributed by atoms with Crippen LogP contribution < -0.4 is 4.74 Å². The minimum absolute atomic E-state index is 0.263. The van der Waals surface area contributed by atoms with Crippen LogP contribution in [0.1, 0.15) is 18.1 Å². The van der Waals surface area contributed by atoms with Crippen molar-refractivity contribution in [2.45, 2.75) is 11.9 Å². The Morgan fingerprint density at radius 2 is 1.91 bits per heavy atom. The van der Waals surface area contributed by atoms with E-state index in [1.165, 1.54) is 11.8 Å². The van der Waals surface area contributed by atoms with Gasteiger partial charge in [-0.3, -0.25) is 0 Å². The summed E-state index contributed by atoms with van der Waals surface area (Å²) in [5.41, 5.74) is 2.05. The number of nitrogens with zero attached hydrogens (tertiary/aromatic N) is 3. The maximum absolute atomic E-state index is 9.62. The highest BCUT2D eigenvalue weighted by molar-refractivity contribution is 7.99. The molecule has 0 saturated carbocycles. The van der Waals surface area contributed by atoms with E-state index in [0.29, 0.717) is 28.5 Å². The third kappa shape index (κ3) is 3.53. The quantitative estimate of drug-likeness (QED) is 0.590. The molecule has 114 valence electrons. The second kappa shape index (κ2) is 8.03. The lowest BCUT2D eigenvalue weighted by atomic mass is 9.97. The molecule has 0 amide bonds. The third-order valence-corrected chi connectivity index (χ3v) is 4.01. The average Bonchev–Trinajstić information content (AvgIpc) is 2.60. The number of pyridine rings is 1. The van der Waals surface area contributed by atoms with Crippen LogP contribution in [0.2, 0.25) is 0 Å². The molecule has 0 aliphatic heterocycles. The second-order valence-electron chi connectivity index (χ2n) is 4.47. The van der Waals surface area contributed by atoms with Gasteiger partial charge in [0.05, 0.1) is 12.2 Å². The van der Waals surface area contributed by atoms with Crippen molar-refractivity contribution in [3.63, 3.8) is 0 Å². The Labute approximate surface area is 140 Å². The molecule has 23 heavy (non-hydrogen) atoms. The van der Waals surface area contributed by atoms with Gasteiger partial charge < -0.3 is 4.74 Å². The Balaban J connectivity index is 2.79. The van der Waals surface area contributed by atoms with Crippen LogP contribution in [0.15, 0.2) is 48.0 Å². The molecule has 0 bridgehead atoms. The lowest BCUT2D eigenvalue weighted by Gasteiger charge is -2.14. The van der Waals surface area contributed by atoms with Crippen LogP contribution in [-0.4, -0.2) is 17.3 Å². The fourth-order valence-corrected chi connectivity index (χ4v) is 2.84. The molecule has 0 atom stereocenters. The maximum Gasteiger partial charge on any atom is 0.233 e. The van der Waals surface area contributed by atoms with Gasteiger partial charge >= 0.3 is 0 Å². The summed E-state index contributed by atoms with van der Waals surface area (Å²) in [4.78, 5) is 4.38. The minimum Gasteiger partial charge on any atom is -0.477 e. The van der Waals surface area contributed by atoms with Gasteiger partial charge in [0.25, 0.3) is 0 Å². The van der Waals surface area contributed by atoms with Crippen LogP contribution >= 0.6 is 11.8 Å². The lowest BCUT2D eigenvalue weighted by molar-refractivity contribution is 0.323. The average molecular weight is 321 g/mol. The first-order valence-electron chi connectivity index (χ1n) is 7.06. The van der Waals surface area contributed by atoms with Crippen molar-refractivity contribution in [1.82, 2.24) is 4.98 Å². The maximum atomic E-state index is 9.62. The van der Waals surface area contributed by atoms with E-state index in [1.54, 1.807) is 6.08 Å². The molecule has 1 heterocycles. The number of ether oxygens (including phenoxy) is 1. The molecule has 1 aromatic carbocycles. The number of aromatic nitrogens is 1. The number of benzene rings is 1. The van der Waals surface area contributed by atoms with E-state index in [0.717, 1.165) is 5.56 Å². The second-order valence-corrected chi connectivity index (χ2v) is 5.48. The molecule has 0 aliphatic rings. The van der Waals surface area contributed by atoms with Gasteiger partial charge in [-0.05, 0) is 12.5 Å². The molecular weight excluding hydrogens is 306 g/mol. The zero-order chi connectivity index (χ0) is 16.7. The normalized spacial score (nSPS) is 9.70. The van der Waals surface area contributed by atoms with Gasteiger partial charge in [0.15, 0.2) is 0 Å². The zero-order valence-electron chi connectivity index (χ0n) is 12.7. The van der Waals surface area contributed by atoms with E-state index in [2.05, 4.69) is 23.7 Å². The molecule has 0 unspecified atom stereocenters. The van der Waals surface area contributed by atoms with E-state index in [4.69, 9.17) is 4.74 Å². The van der Waals surface area contributed by atoms with E-state index in [9.17, 15) is 10.5 Å². The largest absolute Gasteiger partial charge is 0.477 e. The zero-order valence-corrected chi connectivity index (χ0v) is 13.6. The van der Waals surface area contributed by atoms with Crippen molar-refractivity contribution in [2.24, 2.45) is 0 Å². The van der Waals surface area contributed by atoms with Gasteiger partial charge in [0.1, 0.15) is 22.7 Å². The van der Waals surface area contributed by atoms with Crippen LogP contribution in [0.5, 0.6) is 5.88 Å². The third-order valence-electron chi connectivity index (χ3n) is 3.04. The first kappa shape index (κ1) is 16.6. The Morgan fingerprint density at radius 3 is 2.48 bits per heavy atom. The van der Waals surface area contributed by atoms with E-state index >= 15 is 0 Å². The molecule has 0 aliphatic carbocycles. The van der Waals surface area contributed by atoms with Crippen molar-refractivity contribution in [3.05, 3.63) is 54.1 Å². The van der Waals surface area contributed by atoms with Crippen LogP contribution in [0.3, 0.4) is 0 Å². The summed E-state index contributed by atoms with van der Waals surface area (Å²) < 4.78 is 5.53. The van der Waals surface area contributed by atoms with Crippen molar-refractivity contribution in [2.75, 3.05) is 12.4 Å². The number of rotatable bonds is 6. The predicted octanol–water partition coefficient (Wildman–Crippen LogP) is 4.17. The summed E-state index contributed by atoms with van der Waals surface area (Å²) in [5, 5.41) is 19.7. The van der Waals surface area contributed by atoms with Crippen LogP contribution in [0.25, 0.3) is 11.1 Å². The Kier molecular flexibility index (Phi) is 5.80. The first-order chi connectivity index (χ1) is 11.3. The van der Waals surface area contributed by atoms with Gasteiger partial charge in [-0.2, -0.15) is 10.5 Å². The van der Waals surface area contributed by atoms with E-state index < -0.39 is 0 Å². The molecule has 2 rings (SSSR count). The Hall–Kier alpha value is -2.76. The Morgan fingerprint density at radius 1 is 1.22 bits per heavy atom. The fourth-order valence-electron chi connectivity index (χ4n) is 2.13. The molecule has 0 spiro atoms. The van der Waals surface area contributed by atoms with Crippen molar-refractivity contribution < 1.29 is 4.74 Å². The van der Waals surface area contributed by atoms with Gasteiger partial charge in [-0.25, -0.2) is 4.98 Å². The molecule has 1 aromatic heterocycles. The molecule has 2 aromatic rings. The lowest BCUT2D eigenvalue weighted by Crippen LogP contribution is -2.04. The van der Waals surface area contributed by atoms with Gasteiger partial charge in [0, 0.05) is 11.3 Å². The van der Waals surface area contributed by atoms with Crippen molar-refractivity contribution in [3.8, 4) is 29.1 Å².